The lowest BCUT2D eigenvalue weighted by molar-refractivity contribution is -0.274. The fraction of sp³-hybridized carbons (Fsp3) is 0.222. The van der Waals surface area contributed by atoms with E-state index in [2.05, 4.69) is 4.74 Å². The molecule has 0 fully saturated rings. The van der Waals surface area contributed by atoms with Gasteiger partial charge in [0.2, 0.25) is 5.91 Å². The van der Waals surface area contributed by atoms with Crippen molar-refractivity contribution in [1.82, 2.24) is 0 Å². The van der Waals surface area contributed by atoms with Crippen LogP contribution in [0, 0.1) is 5.82 Å². The highest BCUT2D eigenvalue weighted by molar-refractivity contribution is 6.29. The number of hydrogen-bond acceptors (Lipinski definition) is 2. The summed E-state index contributed by atoms with van der Waals surface area (Å²) in [5.74, 6) is -2.71. The van der Waals surface area contributed by atoms with E-state index in [0.717, 1.165) is 12.1 Å². The minimum Gasteiger partial charge on any atom is -0.406 e. The molecule has 8 heteroatoms. The number of carbonyl (C=O) groups excluding carboxylic acids is 1. The Morgan fingerprint density at radius 1 is 1.41 bits per heavy atom. The number of alkyl halides is 4. The molecule has 1 rings (SSSR count). The first kappa shape index (κ1) is 13.6. The molecule has 0 spiro atoms. The molecule has 0 aromatic heterocycles. The first-order chi connectivity index (χ1) is 7.81. The fourth-order valence-corrected chi connectivity index (χ4v) is 1.05. The van der Waals surface area contributed by atoms with Gasteiger partial charge in [-0.25, -0.2) is 4.39 Å². The second kappa shape index (κ2) is 5.22. The van der Waals surface area contributed by atoms with Crippen LogP contribution in [0.1, 0.15) is 0 Å². The zero-order chi connectivity index (χ0) is 13.1. The van der Waals surface area contributed by atoms with Crippen molar-refractivity contribution in [2.24, 2.45) is 0 Å². The Balaban J connectivity index is 2.90. The summed E-state index contributed by atoms with van der Waals surface area (Å²) in [5, 5.41) is 1.99. The molecule has 1 amide bonds. The largest absolute Gasteiger partial charge is 0.573 e. The summed E-state index contributed by atoms with van der Waals surface area (Å²) in [7, 11) is 0. The van der Waals surface area contributed by atoms with Gasteiger partial charge in [-0.1, -0.05) is 0 Å². The summed E-state index contributed by atoms with van der Waals surface area (Å²) in [6.07, 6.45) is -4.88. The fourth-order valence-electron chi connectivity index (χ4n) is 0.981. The Morgan fingerprint density at radius 2 is 2.06 bits per heavy atom. The third-order valence-corrected chi connectivity index (χ3v) is 1.81. The molecular formula is C9H6ClF4NO2. The highest BCUT2D eigenvalue weighted by Crippen LogP contribution is 2.26. The van der Waals surface area contributed by atoms with Crippen molar-refractivity contribution < 1.29 is 27.1 Å². The van der Waals surface area contributed by atoms with Gasteiger partial charge >= 0.3 is 6.36 Å². The average molecular weight is 272 g/mol. The maximum absolute atomic E-state index is 13.1. The number of rotatable bonds is 3. The molecule has 0 unspecified atom stereocenters. The maximum Gasteiger partial charge on any atom is 0.573 e. The predicted molar refractivity (Wildman–Crippen MR) is 52.4 cm³/mol. The van der Waals surface area contributed by atoms with Crippen LogP contribution in [0.15, 0.2) is 18.2 Å². The molecule has 17 heavy (non-hydrogen) atoms. The Hall–Kier alpha value is -1.50. The molecule has 94 valence electrons. The molecule has 0 bridgehead atoms. The van der Waals surface area contributed by atoms with Crippen molar-refractivity contribution in [2.45, 2.75) is 6.36 Å². The standard InChI is InChI=1S/C9H6ClF4NO2/c10-4-8(16)15-7-3-5(1-2-6(7)11)17-9(12,13)14/h1-3H,4H2,(H,15,16). The van der Waals surface area contributed by atoms with E-state index in [9.17, 15) is 22.4 Å². The van der Waals surface area contributed by atoms with Gasteiger partial charge in [0, 0.05) is 6.07 Å². The van der Waals surface area contributed by atoms with Gasteiger partial charge in [0.25, 0.3) is 0 Å². The van der Waals surface area contributed by atoms with E-state index < -0.39 is 35.4 Å². The van der Waals surface area contributed by atoms with Crippen molar-refractivity contribution in [2.75, 3.05) is 11.2 Å². The number of amides is 1. The average Bonchev–Trinajstić information content (AvgIpc) is 2.20. The van der Waals surface area contributed by atoms with Gasteiger partial charge in [-0.2, -0.15) is 0 Å². The zero-order valence-electron chi connectivity index (χ0n) is 8.15. The van der Waals surface area contributed by atoms with Gasteiger partial charge in [-0.15, -0.1) is 24.8 Å². The number of nitrogens with one attached hydrogen (secondary N) is 1. The first-order valence-electron chi connectivity index (χ1n) is 4.23. The third kappa shape index (κ3) is 4.48. The molecule has 0 radical (unpaired) electrons. The lowest BCUT2D eigenvalue weighted by Gasteiger charge is -2.11. The maximum atomic E-state index is 13.1. The Morgan fingerprint density at radius 3 is 2.59 bits per heavy atom. The van der Waals surface area contributed by atoms with Gasteiger partial charge in [-0.3, -0.25) is 4.79 Å². The van der Waals surface area contributed by atoms with Crippen LogP contribution in [-0.4, -0.2) is 18.1 Å². The molecule has 1 N–H and O–H groups in total. The van der Waals surface area contributed by atoms with Crippen LogP contribution in [0.4, 0.5) is 23.2 Å². The van der Waals surface area contributed by atoms with Crippen LogP contribution in [0.5, 0.6) is 5.75 Å². The van der Waals surface area contributed by atoms with E-state index in [4.69, 9.17) is 11.6 Å². The van der Waals surface area contributed by atoms with Crippen molar-refractivity contribution >= 4 is 23.2 Å². The van der Waals surface area contributed by atoms with Crippen LogP contribution in [0.25, 0.3) is 0 Å². The van der Waals surface area contributed by atoms with Crippen LogP contribution in [0.3, 0.4) is 0 Å². The molecule has 0 atom stereocenters. The van der Waals surface area contributed by atoms with Crippen molar-refractivity contribution in [3.8, 4) is 5.75 Å². The normalized spacial score (nSPS) is 11.1. The lowest BCUT2D eigenvalue weighted by Crippen LogP contribution is -2.18. The number of ether oxygens (including phenoxy) is 1. The Labute approximate surface area is 98.3 Å². The quantitative estimate of drug-likeness (QED) is 0.678. The molecule has 0 saturated heterocycles. The van der Waals surface area contributed by atoms with Crippen molar-refractivity contribution in [3.05, 3.63) is 24.0 Å². The molecular weight excluding hydrogens is 266 g/mol. The third-order valence-electron chi connectivity index (χ3n) is 1.57. The van der Waals surface area contributed by atoms with Crippen LogP contribution < -0.4 is 10.1 Å². The second-order valence-electron chi connectivity index (χ2n) is 2.87. The summed E-state index contributed by atoms with van der Waals surface area (Å²) < 4.78 is 52.3. The molecule has 0 aliphatic rings. The van der Waals surface area contributed by atoms with Crippen LogP contribution >= 0.6 is 11.6 Å². The highest BCUT2D eigenvalue weighted by atomic mass is 35.5. The van der Waals surface area contributed by atoms with E-state index in [1.807, 2.05) is 5.32 Å². The second-order valence-corrected chi connectivity index (χ2v) is 3.14. The summed E-state index contributed by atoms with van der Waals surface area (Å²) in [6.45, 7) is 0. The number of hydrogen-bond donors (Lipinski definition) is 1. The summed E-state index contributed by atoms with van der Waals surface area (Å²) >= 11 is 5.15. The Kier molecular flexibility index (Phi) is 4.17. The SMILES string of the molecule is O=C(CCl)Nc1cc(OC(F)(F)F)ccc1F. The first-order valence-corrected chi connectivity index (χ1v) is 4.76. The van der Waals surface area contributed by atoms with Gasteiger partial charge in [0.15, 0.2) is 0 Å². The monoisotopic (exact) mass is 271 g/mol. The summed E-state index contributed by atoms with van der Waals surface area (Å²) in [5.41, 5.74) is -0.433. The minimum atomic E-state index is -4.88. The van der Waals surface area contributed by atoms with E-state index in [1.165, 1.54) is 0 Å². The summed E-state index contributed by atoms with van der Waals surface area (Å²) in [4.78, 5) is 10.9. The molecule has 0 heterocycles. The number of halogens is 5. The topological polar surface area (TPSA) is 38.3 Å². The molecule has 0 saturated carbocycles. The van der Waals surface area contributed by atoms with Gasteiger partial charge in [0.1, 0.15) is 17.4 Å². The number of benzene rings is 1. The van der Waals surface area contributed by atoms with E-state index >= 15 is 0 Å². The molecule has 1 aromatic carbocycles. The minimum absolute atomic E-state index is 0.433. The van der Waals surface area contributed by atoms with Gasteiger partial charge < -0.3 is 10.1 Å². The van der Waals surface area contributed by atoms with Crippen LogP contribution in [-0.2, 0) is 4.79 Å². The number of carbonyl (C=O) groups is 1. The summed E-state index contributed by atoms with van der Waals surface area (Å²) in [6, 6.07) is 2.25. The van der Waals surface area contributed by atoms with E-state index in [-0.39, 0.29) is 0 Å². The molecule has 1 aromatic rings. The lowest BCUT2D eigenvalue weighted by atomic mass is 10.3. The smallest absolute Gasteiger partial charge is 0.406 e. The van der Waals surface area contributed by atoms with Gasteiger partial charge in [-0.05, 0) is 12.1 Å². The Bertz CT molecular complexity index is 422. The molecule has 0 aliphatic carbocycles. The predicted octanol–water partition coefficient (Wildman–Crippen LogP) is 2.90. The van der Waals surface area contributed by atoms with Crippen LogP contribution in [0.2, 0.25) is 0 Å². The zero-order valence-corrected chi connectivity index (χ0v) is 8.90. The molecule has 3 nitrogen and oxygen atoms in total. The van der Waals surface area contributed by atoms with Crippen molar-refractivity contribution in [3.63, 3.8) is 0 Å². The number of anilines is 1. The highest BCUT2D eigenvalue weighted by Gasteiger charge is 2.31. The van der Waals surface area contributed by atoms with E-state index in [0.29, 0.717) is 6.07 Å². The van der Waals surface area contributed by atoms with Gasteiger partial charge in [0.05, 0.1) is 5.69 Å². The molecule has 0 aliphatic heterocycles. The van der Waals surface area contributed by atoms with E-state index in [1.54, 1.807) is 0 Å². The van der Waals surface area contributed by atoms with Crippen molar-refractivity contribution in [1.29, 1.82) is 0 Å².